The summed E-state index contributed by atoms with van der Waals surface area (Å²) in [7, 11) is -2.40. The SMILES string of the molecule is CCCCCCCCCOc1ccc(/C=C2\S/C(=N/S(=O)(=O)c3ccc(Cl)s3)N(CC)C2=O)cc1OC. The summed E-state index contributed by atoms with van der Waals surface area (Å²) in [6.07, 6.45) is 10.2. The van der Waals surface area contributed by atoms with Gasteiger partial charge in [0, 0.05) is 6.54 Å². The Morgan fingerprint density at radius 2 is 1.76 bits per heavy atom. The lowest BCUT2D eigenvalue weighted by Gasteiger charge is -2.12. The van der Waals surface area contributed by atoms with Crippen LogP contribution >= 0.6 is 34.7 Å². The number of hydrogen-bond acceptors (Lipinski definition) is 7. The number of unbranched alkanes of at least 4 members (excludes halogenated alkanes) is 6. The zero-order valence-electron chi connectivity index (χ0n) is 21.4. The van der Waals surface area contributed by atoms with Crippen LogP contribution in [0.25, 0.3) is 6.08 Å². The summed E-state index contributed by atoms with van der Waals surface area (Å²) in [6, 6.07) is 8.39. The summed E-state index contributed by atoms with van der Waals surface area (Å²) < 4.78 is 41.2. The van der Waals surface area contributed by atoms with Gasteiger partial charge in [-0.3, -0.25) is 9.69 Å². The minimum absolute atomic E-state index is 0.0309. The molecule has 0 aliphatic carbocycles. The van der Waals surface area contributed by atoms with E-state index in [0.29, 0.717) is 27.3 Å². The molecule has 0 saturated carbocycles. The first-order chi connectivity index (χ1) is 17.8. The average molecular weight is 585 g/mol. The van der Waals surface area contributed by atoms with Gasteiger partial charge in [-0.1, -0.05) is 63.1 Å². The fourth-order valence-electron chi connectivity index (χ4n) is 3.72. The van der Waals surface area contributed by atoms with E-state index >= 15 is 0 Å². The molecule has 1 aliphatic heterocycles. The first-order valence-electron chi connectivity index (χ1n) is 12.4. The molecule has 3 rings (SSSR count). The zero-order valence-corrected chi connectivity index (χ0v) is 24.6. The molecule has 11 heteroatoms. The number of thiophene rings is 1. The van der Waals surface area contributed by atoms with Crippen molar-refractivity contribution < 1.29 is 22.7 Å². The third kappa shape index (κ3) is 8.24. The van der Waals surface area contributed by atoms with Crippen molar-refractivity contribution in [2.75, 3.05) is 20.3 Å². The van der Waals surface area contributed by atoms with Gasteiger partial charge in [0.05, 0.1) is 23.0 Å². The fourth-order valence-corrected chi connectivity index (χ4v) is 7.43. The Balaban J connectivity index is 1.68. The second-order valence-corrected chi connectivity index (χ2v) is 13.0. The predicted octanol–water partition coefficient (Wildman–Crippen LogP) is 7.22. The number of amidine groups is 1. The molecule has 202 valence electrons. The number of ether oxygens (including phenoxy) is 2. The number of methoxy groups -OCH3 is 1. The van der Waals surface area contributed by atoms with Crippen LogP contribution in [0, 0.1) is 0 Å². The lowest BCUT2D eigenvalue weighted by Crippen LogP contribution is -2.29. The van der Waals surface area contributed by atoms with Crippen LogP contribution in [0.3, 0.4) is 0 Å². The van der Waals surface area contributed by atoms with Gasteiger partial charge in [-0.15, -0.1) is 15.7 Å². The first-order valence-corrected chi connectivity index (χ1v) is 15.9. The van der Waals surface area contributed by atoms with Crippen LogP contribution in [0.2, 0.25) is 4.34 Å². The van der Waals surface area contributed by atoms with Gasteiger partial charge in [-0.05, 0) is 61.0 Å². The van der Waals surface area contributed by atoms with Crippen LogP contribution in [-0.4, -0.2) is 44.7 Å². The molecule has 2 heterocycles. The van der Waals surface area contributed by atoms with Crippen molar-refractivity contribution in [3.8, 4) is 11.5 Å². The standard InChI is InChI=1S/C26H33ClN2O5S3/c1-4-6-7-8-9-10-11-16-34-20-13-12-19(17-21(20)33-3)18-22-25(30)29(5-2)26(35-22)28-37(31,32)24-15-14-23(27)36-24/h12-15,17-18H,4-11,16H2,1-3H3/b22-18-,28-26+. The van der Waals surface area contributed by atoms with E-state index in [4.69, 9.17) is 21.1 Å². The maximum absolute atomic E-state index is 13.0. The Hall–Kier alpha value is -2.01. The second-order valence-electron chi connectivity index (χ2n) is 8.45. The molecule has 0 N–H and O–H groups in total. The average Bonchev–Trinajstić information content (AvgIpc) is 3.44. The van der Waals surface area contributed by atoms with E-state index in [0.717, 1.165) is 41.5 Å². The molecule has 37 heavy (non-hydrogen) atoms. The normalized spacial score (nSPS) is 16.2. The number of amides is 1. The number of benzene rings is 1. The molecule has 1 aromatic heterocycles. The van der Waals surface area contributed by atoms with Crippen LogP contribution in [0.4, 0.5) is 0 Å². The zero-order chi connectivity index (χ0) is 26.8. The summed E-state index contributed by atoms with van der Waals surface area (Å²) in [5, 5.41) is 0.116. The van der Waals surface area contributed by atoms with Crippen molar-refractivity contribution in [1.82, 2.24) is 4.90 Å². The summed E-state index contributed by atoms with van der Waals surface area (Å²) in [5.74, 6) is 0.925. The molecule has 1 aliphatic rings. The molecule has 2 aromatic rings. The minimum atomic E-state index is -3.98. The number of carbonyl (C=O) groups is 1. The van der Waals surface area contributed by atoms with E-state index in [2.05, 4.69) is 11.3 Å². The number of rotatable bonds is 14. The Labute approximate surface area is 233 Å². The number of sulfonamides is 1. The van der Waals surface area contributed by atoms with Crippen molar-refractivity contribution in [2.45, 2.75) is 63.0 Å². The van der Waals surface area contributed by atoms with Gasteiger partial charge in [-0.25, -0.2) is 0 Å². The molecular formula is C26H33ClN2O5S3. The van der Waals surface area contributed by atoms with E-state index < -0.39 is 10.0 Å². The molecule has 0 spiro atoms. The highest BCUT2D eigenvalue weighted by Crippen LogP contribution is 2.36. The van der Waals surface area contributed by atoms with Crippen LogP contribution in [-0.2, 0) is 14.8 Å². The van der Waals surface area contributed by atoms with Gasteiger partial charge in [0.1, 0.15) is 4.21 Å². The van der Waals surface area contributed by atoms with Gasteiger partial charge in [0.25, 0.3) is 15.9 Å². The summed E-state index contributed by atoms with van der Waals surface area (Å²) in [4.78, 5) is 14.7. The van der Waals surface area contributed by atoms with Crippen LogP contribution < -0.4 is 9.47 Å². The number of halogens is 1. The van der Waals surface area contributed by atoms with Crippen molar-refractivity contribution >= 4 is 61.9 Å². The van der Waals surface area contributed by atoms with E-state index in [1.54, 1.807) is 26.2 Å². The molecule has 1 aromatic carbocycles. The summed E-state index contributed by atoms with van der Waals surface area (Å²) in [6.45, 7) is 4.90. The van der Waals surface area contributed by atoms with Crippen LogP contribution in [0.5, 0.6) is 11.5 Å². The van der Waals surface area contributed by atoms with E-state index in [9.17, 15) is 13.2 Å². The number of carbonyl (C=O) groups excluding carboxylic acids is 1. The topological polar surface area (TPSA) is 85.3 Å². The first kappa shape index (κ1) is 29.5. The molecule has 0 radical (unpaired) electrons. The highest BCUT2D eigenvalue weighted by molar-refractivity contribution is 8.19. The highest BCUT2D eigenvalue weighted by atomic mass is 35.5. The molecule has 1 saturated heterocycles. The van der Waals surface area contributed by atoms with E-state index in [-0.39, 0.29) is 21.8 Å². The monoisotopic (exact) mass is 584 g/mol. The molecule has 0 atom stereocenters. The summed E-state index contributed by atoms with van der Waals surface area (Å²) in [5.41, 5.74) is 0.737. The lowest BCUT2D eigenvalue weighted by atomic mass is 10.1. The molecular weight excluding hydrogens is 552 g/mol. The van der Waals surface area contributed by atoms with Gasteiger partial charge in [-0.2, -0.15) is 8.42 Å². The van der Waals surface area contributed by atoms with Gasteiger partial charge < -0.3 is 9.47 Å². The maximum Gasteiger partial charge on any atom is 0.294 e. The number of hydrogen-bond donors (Lipinski definition) is 0. The number of thioether (sulfide) groups is 1. The molecule has 1 amide bonds. The highest BCUT2D eigenvalue weighted by Gasteiger charge is 2.34. The maximum atomic E-state index is 13.0. The molecule has 7 nitrogen and oxygen atoms in total. The largest absolute Gasteiger partial charge is 0.493 e. The van der Waals surface area contributed by atoms with Crippen molar-refractivity contribution in [3.05, 3.63) is 45.1 Å². The third-order valence-electron chi connectivity index (χ3n) is 5.70. The second kappa shape index (κ2) is 14.2. The quantitative estimate of drug-likeness (QED) is 0.172. The van der Waals surface area contributed by atoms with Crippen LogP contribution in [0.15, 0.2) is 43.8 Å². The van der Waals surface area contributed by atoms with Crippen molar-refractivity contribution in [1.29, 1.82) is 0 Å². The number of nitrogens with zero attached hydrogens (tertiary/aromatic N) is 2. The fraction of sp³-hybridized carbons (Fsp3) is 0.462. The Kier molecular flexibility index (Phi) is 11.4. The predicted molar refractivity (Wildman–Crippen MR) is 153 cm³/mol. The smallest absolute Gasteiger partial charge is 0.294 e. The van der Waals surface area contributed by atoms with Gasteiger partial charge in [0.15, 0.2) is 16.7 Å². The minimum Gasteiger partial charge on any atom is -0.493 e. The van der Waals surface area contributed by atoms with E-state index in [1.807, 2.05) is 12.1 Å². The Morgan fingerprint density at radius 1 is 1.03 bits per heavy atom. The Bertz CT molecular complexity index is 1240. The third-order valence-corrected chi connectivity index (χ3v) is 9.78. The molecule has 0 bridgehead atoms. The van der Waals surface area contributed by atoms with Crippen LogP contribution in [0.1, 0.15) is 64.4 Å². The van der Waals surface area contributed by atoms with Crippen molar-refractivity contribution in [3.63, 3.8) is 0 Å². The Morgan fingerprint density at radius 3 is 2.41 bits per heavy atom. The van der Waals surface area contributed by atoms with E-state index in [1.165, 1.54) is 49.1 Å². The number of likely N-dealkylation sites (N-methyl/N-ethyl adjacent to an activating group) is 1. The van der Waals surface area contributed by atoms with Gasteiger partial charge in [0.2, 0.25) is 0 Å². The molecule has 1 fully saturated rings. The molecule has 0 unspecified atom stereocenters. The lowest BCUT2D eigenvalue weighted by molar-refractivity contribution is -0.122. The summed E-state index contributed by atoms with van der Waals surface area (Å²) >= 11 is 7.83. The van der Waals surface area contributed by atoms with Crippen molar-refractivity contribution in [2.24, 2.45) is 4.40 Å². The van der Waals surface area contributed by atoms with Gasteiger partial charge >= 0.3 is 0 Å².